The lowest BCUT2D eigenvalue weighted by Gasteiger charge is -2.21. The molecule has 10 heteroatoms. The van der Waals surface area contributed by atoms with Crippen LogP contribution in [0.5, 0.6) is 5.75 Å². The summed E-state index contributed by atoms with van der Waals surface area (Å²) in [6.07, 6.45) is -3.49. The maximum atomic E-state index is 14.8. The van der Waals surface area contributed by atoms with Crippen LogP contribution in [0, 0.1) is 19.7 Å². The van der Waals surface area contributed by atoms with Crippen LogP contribution in [0.3, 0.4) is 0 Å². The normalized spacial score (nSPS) is 15.5. The molecule has 0 atom stereocenters. The summed E-state index contributed by atoms with van der Waals surface area (Å²) in [5.74, 6) is -1.05. The molecule has 0 spiro atoms. The smallest absolute Gasteiger partial charge is 0.406 e. The molecule has 158 valence electrons. The van der Waals surface area contributed by atoms with Gasteiger partial charge in [0.2, 0.25) is 0 Å². The second-order valence-electron chi connectivity index (χ2n) is 7.07. The molecule has 1 aromatic carbocycles. The second-order valence-corrected chi connectivity index (χ2v) is 7.07. The maximum absolute atomic E-state index is 14.8. The van der Waals surface area contributed by atoms with Gasteiger partial charge in [0.15, 0.2) is 5.65 Å². The number of benzene rings is 1. The fourth-order valence-corrected chi connectivity index (χ4v) is 3.34. The minimum atomic E-state index is -4.91. The molecule has 0 saturated carbocycles. The first-order chi connectivity index (χ1) is 14.2. The zero-order valence-electron chi connectivity index (χ0n) is 16.3. The Morgan fingerprint density at radius 3 is 2.37 bits per heavy atom. The van der Waals surface area contributed by atoms with E-state index in [4.69, 9.17) is 4.74 Å². The molecular weight excluding hydrogens is 404 g/mol. The Balaban J connectivity index is 1.87. The van der Waals surface area contributed by atoms with Crippen LogP contribution >= 0.6 is 0 Å². The predicted octanol–water partition coefficient (Wildman–Crippen LogP) is 4.64. The number of fused-ring (bicyclic) bond motifs is 1. The van der Waals surface area contributed by atoms with Crippen LogP contribution in [0.25, 0.3) is 22.4 Å². The van der Waals surface area contributed by atoms with Gasteiger partial charge in [-0.15, -0.1) is 13.2 Å². The molecule has 1 fully saturated rings. The van der Waals surface area contributed by atoms with Crippen LogP contribution in [-0.4, -0.2) is 39.5 Å². The Morgan fingerprint density at radius 1 is 1.00 bits per heavy atom. The monoisotopic (exact) mass is 422 g/mol. The van der Waals surface area contributed by atoms with Crippen LogP contribution in [0.4, 0.5) is 17.6 Å². The standard InChI is InChI=1S/C20H18F4N4O2/c1-10-11(2)26-19-17(25-10)16(27-18(28-19)12-5-7-29-8-6-12)14-4-3-13(9-15(14)21)30-20(22,23)24/h3-4,9,12H,5-8H2,1-2H3. The number of aryl methyl sites for hydroxylation is 2. The third kappa shape index (κ3) is 4.18. The topological polar surface area (TPSA) is 70.0 Å². The quantitative estimate of drug-likeness (QED) is 0.573. The van der Waals surface area contributed by atoms with Crippen LogP contribution < -0.4 is 4.74 Å². The summed E-state index contributed by atoms with van der Waals surface area (Å²) in [7, 11) is 0. The van der Waals surface area contributed by atoms with Gasteiger partial charge >= 0.3 is 6.36 Å². The van der Waals surface area contributed by atoms with Gasteiger partial charge in [-0.2, -0.15) is 0 Å². The Bertz CT molecular complexity index is 1100. The molecule has 30 heavy (non-hydrogen) atoms. The van der Waals surface area contributed by atoms with Crippen molar-refractivity contribution in [2.75, 3.05) is 13.2 Å². The Kier molecular flexibility index (Phi) is 5.27. The second kappa shape index (κ2) is 7.75. The number of alkyl halides is 3. The molecule has 0 bridgehead atoms. The summed E-state index contributed by atoms with van der Waals surface area (Å²) < 4.78 is 61.4. The average molecular weight is 422 g/mol. The van der Waals surface area contributed by atoms with Gasteiger partial charge in [-0.1, -0.05) is 0 Å². The van der Waals surface area contributed by atoms with Gasteiger partial charge in [-0.05, 0) is 38.8 Å². The van der Waals surface area contributed by atoms with E-state index in [2.05, 4.69) is 24.7 Å². The summed E-state index contributed by atoms with van der Waals surface area (Å²) in [4.78, 5) is 18.0. The van der Waals surface area contributed by atoms with Crippen LogP contribution in [0.2, 0.25) is 0 Å². The number of hydrogen-bond donors (Lipinski definition) is 0. The van der Waals surface area contributed by atoms with E-state index < -0.39 is 17.9 Å². The van der Waals surface area contributed by atoms with Crippen molar-refractivity contribution in [2.24, 2.45) is 0 Å². The number of rotatable bonds is 3. The maximum Gasteiger partial charge on any atom is 0.573 e. The number of nitrogens with zero attached hydrogens (tertiary/aromatic N) is 4. The first-order valence-corrected chi connectivity index (χ1v) is 9.37. The number of hydrogen-bond acceptors (Lipinski definition) is 6. The van der Waals surface area contributed by atoms with Crippen LogP contribution in [0.1, 0.15) is 36.0 Å². The zero-order chi connectivity index (χ0) is 21.5. The van der Waals surface area contributed by atoms with Crippen molar-refractivity contribution in [1.29, 1.82) is 0 Å². The van der Waals surface area contributed by atoms with Crippen molar-refractivity contribution in [3.05, 3.63) is 41.2 Å². The molecule has 0 N–H and O–H groups in total. The average Bonchev–Trinajstić information content (AvgIpc) is 2.68. The molecule has 0 amide bonds. The molecule has 6 nitrogen and oxygen atoms in total. The van der Waals surface area contributed by atoms with Crippen molar-refractivity contribution in [2.45, 2.75) is 39.0 Å². The van der Waals surface area contributed by atoms with Gasteiger partial charge in [-0.3, -0.25) is 0 Å². The van der Waals surface area contributed by atoms with Crippen molar-refractivity contribution >= 4 is 11.2 Å². The van der Waals surface area contributed by atoms with E-state index in [1.54, 1.807) is 13.8 Å². The predicted molar refractivity (Wildman–Crippen MR) is 99.5 cm³/mol. The highest BCUT2D eigenvalue weighted by Gasteiger charge is 2.31. The molecule has 0 radical (unpaired) electrons. The highest BCUT2D eigenvalue weighted by molar-refractivity contribution is 5.87. The SMILES string of the molecule is Cc1nc2nc(C3CCOCC3)nc(-c3ccc(OC(F)(F)F)cc3F)c2nc1C. The minimum Gasteiger partial charge on any atom is -0.406 e. The van der Waals surface area contributed by atoms with E-state index in [0.29, 0.717) is 55.0 Å². The van der Waals surface area contributed by atoms with E-state index in [1.807, 2.05) is 0 Å². The molecule has 1 saturated heterocycles. The molecule has 1 aliphatic rings. The van der Waals surface area contributed by atoms with Crippen LogP contribution in [0.15, 0.2) is 18.2 Å². The zero-order valence-corrected chi connectivity index (χ0v) is 16.3. The van der Waals surface area contributed by atoms with E-state index >= 15 is 0 Å². The van der Waals surface area contributed by atoms with Gasteiger partial charge in [0.05, 0.1) is 11.4 Å². The lowest BCUT2D eigenvalue weighted by molar-refractivity contribution is -0.274. The van der Waals surface area contributed by atoms with E-state index in [9.17, 15) is 17.6 Å². The summed E-state index contributed by atoms with van der Waals surface area (Å²) in [6, 6.07) is 2.92. The molecule has 3 aromatic rings. The Hall–Kier alpha value is -2.88. The van der Waals surface area contributed by atoms with E-state index in [1.165, 1.54) is 6.07 Å². The van der Waals surface area contributed by atoms with Gasteiger partial charge in [0.1, 0.15) is 28.6 Å². The van der Waals surface area contributed by atoms with E-state index in [0.717, 1.165) is 6.07 Å². The van der Waals surface area contributed by atoms with Crippen molar-refractivity contribution in [3.63, 3.8) is 0 Å². The number of halogens is 4. The summed E-state index contributed by atoms with van der Waals surface area (Å²) >= 11 is 0. The Labute approximate surface area is 169 Å². The third-order valence-electron chi connectivity index (χ3n) is 4.98. The molecule has 0 aliphatic carbocycles. The molecule has 1 aliphatic heterocycles. The molecule has 2 aromatic heterocycles. The third-order valence-corrected chi connectivity index (χ3v) is 4.98. The highest BCUT2D eigenvalue weighted by Crippen LogP contribution is 2.33. The summed E-state index contributed by atoms with van der Waals surface area (Å²) in [6.45, 7) is 4.69. The largest absolute Gasteiger partial charge is 0.573 e. The fourth-order valence-electron chi connectivity index (χ4n) is 3.34. The van der Waals surface area contributed by atoms with Gasteiger partial charge in [0, 0.05) is 30.8 Å². The highest BCUT2D eigenvalue weighted by atomic mass is 19.4. The van der Waals surface area contributed by atoms with Crippen LogP contribution in [-0.2, 0) is 4.74 Å². The summed E-state index contributed by atoms with van der Waals surface area (Å²) in [5, 5.41) is 0. The van der Waals surface area contributed by atoms with Gasteiger partial charge in [0.25, 0.3) is 0 Å². The molecule has 4 rings (SSSR count). The van der Waals surface area contributed by atoms with Gasteiger partial charge in [-0.25, -0.2) is 24.3 Å². The van der Waals surface area contributed by atoms with Crippen molar-refractivity contribution in [1.82, 2.24) is 19.9 Å². The molecule has 3 heterocycles. The van der Waals surface area contributed by atoms with Gasteiger partial charge < -0.3 is 9.47 Å². The summed E-state index contributed by atoms with van der Waals surface area (Å²) in [5.41, 5.74) is 2.11. The number of ether oxygens (including phenoxy) is 2. The Morgan fingerprint density at radius 2 is 1.70 bits per heavy atom. The van der Waals surface area contributed by atoms with E-state index in [-0.39, 0.29) is 22.7 Å². The van der Waals surface area contributed by atoms with Crippen molar-refractivity contribution < 1.29 is 27.0 Å². The lowest BCUT2D eigenvalue weighted by atomic mass is 9.99. The molecule has 0 unspecified atom stereocenters. The van der Waals surface area contributed by atoms with Crippen molar-refractivity contribution in [3.8, 4) is 17.0 Å². The minimum absolute atomic E-state index is 0.00258. The first kappa shape index (κ1) is 20.4. The first-order valence-electron chi connectivity index (χ1n) is 9.37. The fraction of sp³-hybridized carbons (Fsp3) is 0.400. The molecular formula is C20H18F4N4O2. The lowest BCUT2D eigenvalue weighted by Crippen LogP contribution is -2.18. The number of aromatic nitrogens is 4.